The summed E-state index contributed by atoms with van der Waals surface area (Å²) in [5.41, 5.74) is 5.44. The molecule has 0 saturated carbocycles. The van der Waals surface area contributed by atoms with Gasteiger partial charge in [-0.2, -0.15) is 5.10 Å². The van der Waals surface area contributed by atoms with Gasteiger partial charge in [0.2, 0.25) is 0 Å². The van der Waals surface area contributed by atoms with Crippen LogP contribution in [0.5, 0.6) is 11.5 Å². The molecule has 0 radical (unpaired) electrons. The molecule has 160 valence electrons. The van der Waals surface area contributed by atoms with Gasteiger partial charge < -0.3 is 14.8 Å². The molecule has 32 heavy (non-hydrogen) atoms. The summed E-state index contributed by atoms with van der Waals surface area (Å²) >= 11 is 0. The zero-order valence-corrected chi connectivity index (χ0v) is 17.6. The lowest BCUT2D eigenvalue weighted by atomic mass is 10.1. The molecule has 0 aliphatic rings. The third-order valence-corrected chi connectivity index (χ3v) is 4.79. The molecule has 6 heteroatoms. The number of benzene rings is 4. The molecule has 1 amide bonds. The monoisotopic (exact) mass is 425 g/mol. The molecular weight excluding hydrogens is 402 g/mol. The molecule has 0 aliphatic heterocycles. The van der Waals surface area contributed by atoms with Crippen LogP contribution in [-0.4, -0.2) is 25.8 Å². The minimum atomic E-state index is -0.249. The Morgan fingerprint density at radius 2 is 1.69 bits per heavy atom. The zero-order chi connectivity index (χ0) is 22.2. The fourth-order valence-corrected chi connectivity index (χ4v) is 3.24. The van der Waals surface area contributed by atoms with Crippen molar-refractivity contribution in [3.8, 4) is 11.5 Å². The maximum absolute atomic E-state index is 12.5. The van der Waals surface area contributed by atoms with Crippen LogP contribution in [0.2, 0.25) is 0 Å². The van der Waals surface area contributed by atoms with Crippen LogP contribution in [0.25, 0.3) is 10.8 Å². The number of anilines is 2. The van der Waals surface area contributed by atoms with Gasteiger partial charge in [-0.05, 0) is 47.3 Å². The number of hydrogen-bond acceptors (Lipinski definition) is 5. The van der Waals surface area contributed by atoms with Crippen LogP contribution >= 0.6 is 0 Å². The molecule has 0 heterocycles. The standard InChI is InChI=1S/C26H23N3O3/c1-31-25-16-19(17-27-29-21-10-3-2-4-11-21)14-15-24(25)32-18-26(30)28-23-13-7-9-20-8-5-6-12-22(20)23/h2-17,29H,18H2,1H3,(H,28,30). The number of methoxy groups -OCH3 is 1. The highest BCUT2D eigenvalue weighted by atomic mass is 16.5. The topological polar surface area (TPSA) is 71.9 Å². The van der Waals surface area contributed by atoms with Crippen molar-refractivity contribution in [1.82, 2.24) is 0 Å². The number of para-hydroxylation sites is 1. The quantitative estimate of drug-likeness (QED) is 0.296. The number of hydrogen-bond donors (Lipinski definition) is 2. The van der Waals surface area contributed by atoms with Gasteiger partial charge in [-0.15, -0.1) is 0 Å². The smallest absolute Gasteiger partial charge is 0.262 e. The van der Waals surface area contributed by atoms with Gasteiger partial charge in [0.05, 0.1) is 19.0 Å². The summed E-state index contributed by atoms with van der Waals surface area (Å²) in [5, 5.41) is 9.18. The summed E-state index contributed by atoms with van der Waals surface area (Å²) < 4.78 is 11.1. The van der Waals surface area contributed by atoms with E-state index in [0.29, 0.717) is 11.5 Å². The minimum Gasteiger partial charge on any atom is -0.493 e. The number of rotatable bonds is 8. The van der Waals surface area contributed by atoms with E-state index in [4.69, 9.17) is 9.47 Å². The molecule has 0 fully saturated rings. The Morgan fingerprint density at radius 1 is 0.906 bits per heavy atom. The number of amides is 1. The van der Waals surface area contributed by atoms with Crippen molar-refractivity contribution in [3.63, 3.8) is 0 Å². The van der Waals surface area contributed by atoms with E-state index in [1.807, 2.05) is 78.9 Å². The Kier molecular flexibility index (Phi) is 6.63. The molecule has 0 atom stereocenters. The molecule has 0 aromatic heterocycles. The summed E-state index contributed by atoms with van der Waals surface area (Å²) in [6.07, 6.45) is 1.69. The van der Waals surface area contributed by atoms with Crippen molar-refractivity contribution < 1.29 is 14.3 Å². The average molecular weight is 425 g/mol. The predicted molar refractivity (Wildman–Crippen MR) is 129 cm³/mol. The van der Waals surface area contributed by atoms with Gasteiger partial charge in [-0.3, -0.25) is 10.2 Å². The number of carbonyl (C=O) groups is 1. The summed E-state index contributed by atoms with van der Waals surface area (Å²) in [6.45, 7) is -0.136. The van der Waals surface area contributed by atoms with Gasteiger partial charge in [-0.1, -0.05) is 54.6 Å². The molecule has 4 rings (SSSR count). The first kappa shape index (κ1) is 20.9. The van der Waals surface area contributed by atoms with E-state index in [2.05, 4.69) is 15.8 Å². The second-order valence-electron chi connectivity index (χ2n) is 7.01. The maximum Gasteiger partial charge on any atom is 0.262 e. The van der Waals surface area contributed by atoms with E-state index in [0.717, 1.165) is 27.7 Å². The lowest BCUT2D eigenvalue weighted by Crippen LogP contribution is -2.20. The van der Waals surface area contributed by atoms with Gasteiger partial charge in [0, 0.05) is 11.1 Å². The summed E-state index contributed by atoms with van der Waals surface area (Å²) in [6, 6.07) is 28.8. The number of hydrazone groups is 1. The Balaban J connectivity index is 1.37. The van der Waals surface area contributed by atoms with Gasteiger partial charge >= 0.3 is 0 Å². The van der Waals surface area contributed by atoms with Crippen molar-refractivity contribution in [3.05, 3.63) is 96.6 Å². The first-order valence-electron chi connectivity index (χ1n) is 10.2. The van der Waals surface area contributed by atoms with Gasteiger partial charge in [-0.25, -0.2) is 0 Å². The zero-order valence-electron chi connectivity index (χ0n) is 17.6. The molecule has 0 bridgehead atoms. The van der Waals surface area contributed by atoms with Crippen LogP contribution < -0.4 is 20.2 Å². The maximum atomic E-state index is 12.5. The first-order valence-corrected chi connectivity index (χ1v) is 10.2. The van der Waals surface area contributed by atoms with Crippen molar-refractivity contribution in [2.75, 3.05) is 24.5 Å². The number of nitrogens with zero attached hydrogens (tertiary/aromatic N) is 1. The minimum absolute atomic E-state index is 0.136. The number of fused-ring (bicyclic) bond motifs is 1. The largest absolute Gasteiger partial charge is 0.493 e. The number of nitrogens with one attached hydrogen (secondary N) is 2. The lowest BCUT2D eigenvalue weighted by molar-refractivity contribution is -0.118. The number of ether oxygens (including phenoxy) is 2. The SMILES string of the molecule is COc1cc(C=NNc2ccccc2)ccc1OCC(=O)Nc1cccc2ccccc12. The third kappa shape index (κ3) is 5.23. The van der Waals surface area contributed by atoms with Crippen molar-refractivity contribution in [2.45, 2.75) is 0 Å². The summed E-state index contributed by atoms with van der Waals surface area (Å²) in [5.74, 6) is 0.751. The van der Waals surface area contributed by atoms with Gasteiger partial charge in [0.25, 0.3) is 5.91 Å². The van der Waals surface area contributed by atoms with Crippen LogP contribution in [0, 0.1) is 0 Å². The molecule has 0 saturated heterocycles. The van der Waals surface area contributed by atoms with E-state index in [1.54, 1.807) is 25.5 Å². The van der Waals surface area contributed by atoms with Crippen molar-refractivity contribution >= 4 is 34.3 Å². The van der Waals surface area contributed by atoms with Crippen LogP contribution in [0.15, 0.2) is 96.1 Å². The normalized spacial score (nSPS) is 10.8. The van der Waals surface area contributed by atoms with Gasteiger partial charge in [0.1, 0.15) is 0 Å². The van der Waals surface area contributed by atoms with E-state index in [9.17, 15) is 4.79 Å². The van der Waals surface area contributed by atoms with Crippen LogP contribution in [0.4, 0.5) is 11.4 Å². The lowest BCUT2D eigenvalue weighted by Gasteiger charge is -2.12. The molecule has 4 aromatic rings. The molecule has 0 unspecified atom stereocenters. The van der Waals surface area contributed by atoms with Gasteiger partial charge in [0.15, 0.2) is 18.1 Å². The summed E-state index contributed by atoms with van der Waals surface area (Å²) in [7, 11) is 1.56. The molecular formula is C26H23N3O3. The molecule has 4 aromatic carbocycles. The highest BCUT2D eigenvalue weighted by Crippen LogP contribution is 2.28. The Hall–Kier alpha value is -4.32. The predicted octanol–water partition coefficient (Wildman–Crippen LogP) is 5.31. The molecule has 0 spiro atoms. The average Bonchev–Trinajstić information content (AvgIpc) is 2.84. The molecule has 0 aliphatic carbocycles. The van der Waals surface area contributed by atoms with Crippen molar-refractivity contribution in [1.29, 1.82) is 0 Å². The Morgan fingerprint density at radius 3 is 2.53 bits per heavy atom. The second kappa shape index (κ2) is 10.1. The third-order valence-electron chi connectivity index (χ3n) is 4.79. The fourth-order valence-electron chi connectivity index (χ4n) is 3.24. The van der Waals surface area contributed by atoms with E-state index in [1.165, 1.54) is 0 Å². The number of carbonyl (C=O) groups excluding carboxylic acids is 1. The highest BCUT2D eigenvalue weighted by molar-refractivity contribution is 6.02. The second-order valence-corrected chi connectivity index (χ2v) is 7.01. The Bertz CT molecular complexity index is 1230. The van der Waals surface area contributed by atoms with Crippen LogP contribution in [-0.2, 0) is 4.79 Å². The molecule has 2 N–H and O–H groups in total. The Labute approximate surface area is 186 Å². The van der Waals surface area contributed by atoms with Crippen molar-refractivity contribution in [2.24, 2.45) is 5.10 Å². The van der Waals surface area contributed by atoms with Crippen LogP contribution in [0.1, 0.15) is 5.56 Å². The van der Waals surface area contributed by atoms with E-state index >= 15 is 0 Å². The summed E-state index contributed by atoms with van der Waals surface area (Å²) in [4.78, 5) is 12.5. The van der Waals surface area contributed by atoms with E-state index < -0.39 is 0 Å². The van der Waals surface area contributed by atoms with Crippen LogP contribution in [0.3, 0.4) is 0 Å². The fraction of sp³-hybridized carbons (Fsp3) is 0.0769. The molecule has 6 nitrogen and oxygen atoms in total. The highest BCUT2D eigenvalue weighted by Gasteiger charge is 2.10. The first-order chi connectivity index (χ1) is 15.7. The van der Waals surface area contributed by atoms with E-state index in [-0.39, 0.29) is 12.5 Å².